The molecule has 3 aromatic rings. The molecule has 2 heterocycles. The number of rotatable bonds is 23. The number of ether oxygens (including phenoxy) is 3. The highest BCUT2D eigenvalue weighted by molar-refractivity contribution is 6.01. The van der Waals surface area contributed by atoms with Crippen LogP contribution in [0.25, 0.3) is 22.5 Å². The van der Waals surface area contributed by atoms with Crippen molar-refractivity contribution in [3.63, 3.8) is 0 Å². The number of nitrogens with two attached hydrogens (primary N) is 1. The fraction of sp³-hybridized carbons (Fsp3) is 0.630. The van der Waals surface area contributed by atoms with E-state index in [-0.39, 0.29) is 30.6 Å². The minimum Gasteiger partial charge on any atom is -0.382 e. The first-order valence-corrected chi connectivity index (χ1v) is 21.3. The van der Waals surface area contributed by atoms with Crippen molar-refractivity contribution < 1.29 is 28.6 Å². The van der Waals surface area contributed by atoms with E-state index in [0.717, 1.165) is 40.9 Å². The average molecular weight is 818 g/mol. The van der Waals surface area contributed by atoms with Gasteiger partial charge < -0.3 is 35.5 Å². The summed E-state index contributed by atoms with van der Waals surface area (Å²) >= 11 is 0. The van der Waals surface area contributed by atoms with E-state index in [1.54, 1.807) is 12.0 Å². The molecule has 4 rings (SSSR count). The van der Waals surface area contributed by atoms with Gasteiger partial charge in [-0.3, -0.25) is 14.4 Å². The molecule has 0 spiro atoms. The summed E-state index contributed by atoms with van der Waals surface area (Å²) in [6, 6.07) is 15.7. The Kier molecular flexibility index (Phi) is 16.8. The fourth-order valence-corrected chi connectivity index (χ4v) is 7.71. The number of benzene rings is 2. The van der Waals surface area contributed by atoms with Crippen molar-refractivity contribution in [1.29, 1.82) is 0 Å². The molecule has 326 valence electrons. The summed E-state index contributed by atoms with van der Waals surface area (Å²) in [6.07, 6.45) is 3.98. The second kappa shape index (κ2) is 20.9. The first-order chi connectivity index (χ1) is 27.8. The Bertz CT molecular complexity index is 1850. The van der Waals surface area contributed by atoms with Gasteiger partial charge in [-0.05, 0) is 77.8 Å². The first kappa shape index (κ1) is 47.5. The van der Waals surface area contributed by atoms with E-state index in [1.807, 2.05) is 94.8 Å². The van der Waals surface area contributed by atoms with Gasteiger partial charge in [0.05, 0.1) is 49.9 Å². The second-order valence-corrected chi connectivity index (χ2v) is 18.3. The Labute approximate surface area is 352 Å². The summed E-state index contributed by atoms with van der Waals surface area (Å²) < 4.78 is 18.9. The van der Waals surface area contributed by atoms with E-state index < -0.39 is 22.1 Å². The molecule has 2 unspecified atom stereocenters. The van der Waals surface area contributed by atoms with Crippen LogP contribution >= 0.6 is 0 Å². The highest BCUT2D eigenvalue weighted by Gasteiger charge is 2.38. The second-order valence-electron chi connectivity index (χ2n) is 18.3. The van der Waals surface area contributed by atoms with Gasteiger partial charge in [0.2, 0.25) is 17.7 Å². The molecule has 59 heavy (non-hydrogen) atoms. The number of aromatic nitrogens is 3. The Balaban J connectivity index is 1.29. The molecule has 13 nitrogen and oxygen atoms in total. The number of nitrogens with one attached hydrogen (secondary N) is 2. The molecule has 0 fully saturated rings. The number of para-hydroxylation sites is 1. The maximum absolute atomic E-state index is 14.0. The van der Waals surface area contributed by atoms with Crippen molar-refractivity contribution in [3.05, 3.63) is 54.1 Å². The lowest BCUT2D eigenvalue weighted by molar-refractivity contribution is -0.133. The molecule has 0 saturated heterocycles. The smallest absolute Gasteiger partial charge is 0.227 e. The van der Waals surface area contributed by atoms with E-state index in [9.17, 15) is 14.4 Å². The van der Waals surface area contributed by atoms with Crippen molar-refractivity contribution in [2.45, 2.75) is 137 Å². The maximum Gasteiger partial charge on any atom is 0.227 e. The molecule has 4 N–H and O–H groups in total. The van der Waals surface area contributed by atoms with Gasteiger partial charge in [-0.2, -0.15) is 0 Å². The topological polar surface area (TPSA) is 163 Å². The van der Waals surface area contributed by atoms with Crippen molar-refractivity contribution in [2.24, 2.45) is 17.1 Å². The quantitative estimate of drug-likeness (QED) is 0.0851. The normalized spacial score (nSPS) is 14.6. The fourth-order valence-electron chi connectivity index (χ4n) is 7.71. The molecule has 1 aromatic heterocycles. The van der Waals surface area contributed by atoms with Gasteiger partial charge in [0.1, 0.15) is 5.69 Å². The number of carbonyl (C=O) groups excluding carboxylic acids is 3. The van der Waals surface area contributed by atoms with E-state index in [4.69, 9.17) is 19.9 Å². The molecule has 3 amide bonds. The minimum absolute atomic E-state index is 0.0267. The lowest BCUT2D eigenvalue weighted by atomic mass is 9.76. The van der Waals surface area contributed by atoms with Crippen LogP contribution in [0, 0.1) is 11.3 Å². The van der Waals surface area contributed by atoms with Crippen LogP contribution in [-0.4, -0.2) is 89.5 Å². The third-order valence-electron chi connectivity index (χ3n) is 11.5. The zero-order chi connectivity index (χ0) is 43.4. The number of carbonyl (C=O) groups is 3. The van der Waals surface area contributed by atoms with E-state index in [0.29, 0.717) is 76.9 Å². The highest BCUT2D eigenvalue weighted by Crippen LogP contribution is 2.41. The molecular weight excluding hydrogens is 747 g/mol. The molecule has 0 bridgehead atoms. The predicted octanol–water partition coefficient (Wildman–Crippen LogP) is 7.06. The summed E-state index contributed by atoms with van der Waals surface area (Å²) in [4.78, 5) is 42.2. The van der Waals surface area contributed by atoms with Gasteiger partial charge in [-0.1, -0.05) is 81.8 Å². The number of anilines is 1. The summed E-state index contributed by atoms with van der Waals surface area (Å²) in [5, 5.41) is 15.3. The minimum atomic E-state index is -0.649. The van der Waals surface area contributed by atoms with Gasteiger partial charge in [0.15, 0.2) is 0 Å². The summed E-state index contributed by atoms with van der Waals surface area (Å²) in [6.45, 7) is 21.4. The molecule has 13 heteroatoms. The van der Waals surface area contributed by atoms with Gasteiger partial charge >= 0.3 is 0 Å². The molecule has 1 aliphatic heterocycles. The summed E-state index contributed by atoms with van der Waals surface area (Å²) in [5.74, 6) is -0.0481. The van der Waals surface area contributed by atoms with Crippen LogP contribution < -0.4 is 21.3 Å². The summed E-state index contributed by atoms with van der Waals surface area (Å²) in [5.41, 5.74) is 9.64. The van der Waals surface area contributed by atoms with E-state index in [1.165, 1.54) is 0 Å². The van der Waals surface area contributed by atoms with Gasteiger partial charge in [-0.25, -0.2) is 4.68 Å². The number of methoxy groups -OCH3 is 1. The number of amides is 3. The number of hydrogen-bond acceptors (Lipinski definition) is 9. The standard InChI is InChI=1S/C46H71N7O6/c1-11-16-33(2)46(9,47)32-44(5,6)49-42(56)43(3,4)24-27-59-45(7,8)23-25-48-38(54)21-22-39(55)52-31-34-17-12-13-18-35(34)41-40(36-19-14-15-20-37(36)52)50-51-53(41)26-28-58-30-29-57-10/h12-15,17-20,33H,11,16,21-32,47H2,1-10H3,(H,48,54)(H,49,56). The monoisotopic (exact) mass is 818 g/mol. The molecule has 2 aromatic carbocycles. The van der Waals surface area contributed by atoms with Crippen LogP contribution in [0.5, 0.6) is 0 Å². The van der Waals surface area contributed by atoms with Crippen LogP contribution in [-0.2, 0) is 41.7 Å². The van der Waals surface area contributed by atoms with Crippen LogP contribution in [0.15, 0.2) is 48.5 Å². The molecular formula is C46H71N7O6. The van der Waals surface area contributed by atoms with E-state index >= 15 is 0 Å². The van der Waals surface area contributed by atoms with Gasteiger partial charge in [-0.15, -0.1) is 5.10 Å². The maximum atomic E-state index is 14.0. The SMILES string of the molecule is CCCC(C)C(C)(N)CC(C)(C)NC(=O)C(C)(C)CCOC(C)(C)CCNC(=O)CCC(=O)N1Cc2ccccc2-c2c(nnn2CCOCCOC)-c2ccccc21. The number of nitrogens with zero attached hydrogens (tertiary/aromatic N) is 4. The zero-order valence-electron chi connectivity index (χ0n) is 37.4. The average Bonchev–Trinajstić information content (AvgIpc) is 3.57. The number of hydrogen-bond donors (Lipinski definition) is 3. The largest absolute Gasteiger partial charge is 0.382 e. The summed E-state index contributed by atoms with van der Waals surface area (Å²) in [7, 11) is 1.64. The Morgan fingerprint density at radius 1 is 0.898 bits per heavy atom. The van der Waals surface area contributed by atoms with Crippen molar-refractivity contribution in [2.75, 3.05) is 45.0 Å². The zero-order valence-corrected chi connectivity index (χ0v) is 37.4. The van der Waals surface area contributed by atoms with Crippen molar-refractivity contribution in [1.82, 2.24) is 25.6 Å². The third kappa shape index (κ3) is 13.4. The van der Waals surface area contributed by atoms with Crippen molar-refractivity contribution >= 4 is 23.4 Å². The molecule has 2 atom stereocenters. The third-order valence-corrected chi connectivity index (χ3v) is 11.5. The lowest BCUT2D eigenvalue weighted by Crippen LogP contribution is -2.56. The molecule has 0 aliphatic carbocycles. The highest BCUT2D eigenvalue weighted by atomic mass is 16.5. The van der Waals surface area contributed by atoms with Crippen LogP contribution in [0.2, 0.25) is 0 Å². The lowest BCUT2D eigenvalue weighted by Gasteiger charge is -2.41. The molecule has 0 saturated carbocycles. The van der Waals surface area contributed by atoms with Crippen molar-refractivity contribution in [3.8, 4) is 22.5 Å². The van der Waals surface area contributed by atoms with Gasteiger partial charge in [0, 0.05) is 60.7 Å². The van der Waals surface area contributed by atoms with Gasteiger partial charge in [0.25, 0.3) is 0 Å². The Hall–Kier alpha value is -4.17. The van der Waals surface area contributed by atoms with Crippen LogP contribution in [0.4, 0.5) is 5.69 Å². The van der Waals surface area contributed by atoms with Crippen LogP contribution in [0.1, 0.15) is 113 Å². The molecule has 1 aliphatic rings. The Morgan fingerprint density at radius 2 is 1.59 bits per heavy atom. The van der Waals surface area contributed by atoms with E-state index in [2.05, 4.69) is 41.7 Å². The number of fused-ring (bicyclic) bond motifs is 5. The van der Waals surface area contributed by atoms with Crippen LogP contribution in [0.3, 0.4) is 0 Å². The first-order valence-electron chi connectivity index (χ1n) is 21.3. The predicted molar refractivity (Wildman–Crippen MR) is 234 cm³/mol. The Morgan fingerprint density at radius 3 is 2.31 bits per heavy atom. The molecule has 0 radical (unpaired) electrons.